The van der Waals surface area contributed by atoms with E-state index in [2.05, 4.69) is 24.9 Å². The van der Waals surface area contributed by atoms with Crippen LogP contribution >= 0.6 is 0 Å². The molecule has 18 heavy (non-hydrogen) atoms. The van der Waals surface area contributed by atoms with E-state index in [1.165, 1.54) is 25.7 Å². The van der Waals surface area contributed by atoms with Crippen LogP contribution in [0.4, 0.5) is 11.4 Å². The zero-order valence-corrected chi connectivity index (χ0v) is 11.6. The average molecular weight is 248 g/mol. The van der Waals surface area contributed by atoms with E-state index in [0.29, 0.717) is 6.04 Å². The first-order valence-electron chi connectivity index (χ1n) is 6.78. The normalized spacial score (nSPS) is 23.7. The largest absolute Gasteiger partial charge is 0.495 e. The van der Waals surface area contributed by atoms with E-state index < -0.39 is 0 Å². The Labute approximate surface area is 110 Å². The van der Waals surface area contributed by atoms with Gasteiger partial charge in [-0.3, -0.25) is 0 Å². The first-order valence-corrected chi connectivity index (χ1v) is 6.78. The molecule has 1 saturated carbocycles. The summed E-state index contributed by atoms with van der Waals surface area (Å²) in [6, 6.07) is 6.61. The molecule has 1 fully saturated rings. The summed E-state index contributed by atoms with van der Waals surface area (Å²) in [5, 5.41) is 0. The van der Waals surface area contributed by atoms with Gasteiger partial charge in [-0.2, -0.15) is 0 Å². The van der Waals surface area contributed by atoms with Crippen LogP contribution in [0.25, 0.3) is 0 Å². The first-order chi connectivity index (χ1) is 8.63. The number of hydrogen-bond donors (Lipinski definition) is 1. The summed E-state index contributed by atoms with van der Waals surface area (Å²) in [7, 11) is 3.81. The third-order valence-corrected chi connectivity index (χ3v) is 4.18. The van der Waals surface area contributed by atoms with E-state index in [4.69, 9.17) is 10.5 Å². The summed E-state index contributed by atoms with van der Waals surface area (Å²) < 4.78 is 5.29. The van der Waals surface area contributed by atoms with Gasteiger partial charge in [0.25, 0.3) is 0 Å². The van der Waals surface area contributed by atoms with E-state index in [9.17, 15) is 0 Å². The number of methoxy groups -OCH3 is 1. The Morgan fingerprint density at radius 3 is 2.50 bits per heavy atom. The Hall–Kier alpha value is -1.38. The SMILES string of the molecule is COc1cccc(N(C)C2CCC(C)CC2)c1N. The molecule has 3 nitrogen and oxygen atoms in total. The molecule has 1 aliphatic rings. The fourth-order valence-corrected chi connectivity index (χ4v) is 2.84. The molecule has 0 unspecified atom stereocenters. The molecule has 2 rings (SSSR count). The monoisotopic (exact) mass is 248 g/mol. The van der Waals surface area contributed by atoms with Gasteiger partial charge in [0.05, 0.1) is 18.5 Å². The Morgan fingerprint density at radius 2 is 1.89 bits per heavy atom. The van der Waals surface area contributed by atoms with Crippen molar-refractivity contribution in [3.63, 3.8) is 0 Å². The van der Waals surface area contributed by atoms with Crippen LogP contribution in [-0.2, 0) is 0 Å². The van der Waals surface area contributed by atoms with Gasteiger partial charge in [-0.25, -0.2) is 0 Å². The van der Waals surface area contributed by atoms with Crippen molar-refractivity contribution in [1.29, 1.82) is 0 Å². The van der Waals surface area contributed by atoms with Crippen LogP contribution in [0.3, 0.4) is 0 Å². The van der Waals surface area contributed by atoms with Crippen molar-refractivity contribution in [3.8, 4) is 5.75 Å². The summed E-state index contributed by atoms with van der Waals surface area (Å²) in [4.78, 5) is 2.32. The van der Waals surface area contributed by atoms with Crippen molar-refractivity contribution in [2.45, 2.75) is 38.6 Å². The summed E-state index contributed by atoms with van der Waals surface area (Å²) in [6.07, 6.45) is 5.15. The number of nitrogens with zero attached hydrogens (tertiary/aromatic N) is 1. The van der Waals surface area contributed by atoms with Crippen LogP contribution in [0, 0.1) is 5.92 Å². The predicted molar refractivity (Wildman–Crippen MR) is 77.2 cm³/mol. The lowest BCUT2D eigenvalue weighted by atomic mass is 9.86. The minimum Gasteiger partial charge on any atom is -0.495 e. The second-order valence-electron chi connectivity index (χ2n) is 5.42. The maximum atomic E-state index is 6.16. The van der Waals surface area contributed by atoms with Gasteiger partial charge < -0.3 is 15.4 Å². The molecule has 0 heterocycles. The Kier molecular flexibility index (Phi) is 4.00. The summed E-state index contributed by atoms with van der Waals surface area (Å²) >= 11 is 0. The molecular formula is C15H24N2O. The fourth-order valence-electron chi connectivity index (χ4n) is 2.84. The molecule has 100 valence electrons. The van der Waals surface area contributed by atoms with Gasteiger partial charge in [0.15, 0.2) is 0 Å². The van der Waals surface area contributed by atoms with E-state index in [1.54, 1.807) is 7.11 Å². The zero-order valence-electron chi connectivity index (χ0n) is 11.6. The molecule has 0 aromatic heterocycles. The van der Waals surface area contributed by atoms with Gasteiger partial charge in [-0.15, -0.1) is 0 Å². The number of hydrogen-bond acceptors (Lipinski definition) is 3. The predicted octanol–water partition coefficient (Wildman–Crippen LogP) is 3.29. The van der Waals surface area contributed by atoms with Crippen molar-refractivity contribution >= 4 is 11.4 Å². The summed E-state index contributed by atoms with van der Waals surface area (Å²) in [6.45, 7) is 2.34. The number of nitrogen functional groups attached to an aromatic ring is 1. The van der Waals surface area contributed by atoms with Crippen LogP contribution in [-0.4, -0.2) is 20.2 Å². The molecule has 0 spiro atoms. The Bertz CT molecular complexity index is 397. The number of ether oxygens (including phenoxy) is 1. The molecule has 0 radical (unpaired) electrons. The fraction of sp³-hybridized carbons (Fsp3) is 0.600. The molecule has 2 N–H and O–H groups in total. The highest BCUT2D eigenvalue weighted by atomic mass is 16.5. The Balaban J connectivity index is 2.15. The lowest BCUT2D eigenvalue weighted by Crippen LogP contribution is -2.35. The van der Waals surface area contributed by atoms with Crippen LogP contribution < -0.4 is 15.4 Å². The van der Waals surface area contributed by atoms with Gasteiger partial charge in [-0.05, 0) is 43.7 Å². The lowest BCUT2D eigenvalue weighted by Gasteiger charge is -2.35. The molecule has 1 aliphatic carbocycles. The quantitative estimate of drug-likeness (QED) is 0.834. The van der Waals surface area contributed by atoms with Crippen molar-refractivity contribution in [2.24, 2.45) is 5.92 Å². The number of para-hydroxylation sites is 1. The number of nitrogens with two attached hydrogens (primary N) is 1. The standard InChI is InChI=1S/C15H24N2O/c1-11-7-9-12(10-8-11)17(2)13-5-4-6-14(18-3)15(13)16/h4-6,11-12H,7-10,16H2,1-3H3. The molecule has 0 aliphatic heterocycles. The first kappa shape index (κ1) is 13.1. The molecular weight excluding hydrogens is 224 g/mol. The van der Waals surface area contributed by atoms with Gasteiger partial charge in [0.2, 0.25) is 0 Å². The molecule has 0 amide bonds. The second kappa shape index (κ2) is 5.51. The molecule has 3 heteroatoms. The molecule has 0 atom stereocenters. The number of benzene rings is 1. The van der Waals surface area contributed by atoms with E-state index in [1.807, 2.05) is 12.1 Å². The molecule has 1 aromatic carbocycles. The van der Waals surface area contributed by atoms with E-state index >= 15 is 0 Å². The van der Waals surface area contributed by atoms with Crippen LogP contribution in [0.5, 0.6) is 5.75 Å². The Morgan fingerprint density at radius 1 is 1.22 bits per heavy atom. The van der Waals surface area contributed by atoms with Crippen molar-refractivity contribution in [1.82, 2.24) is 0 Å². The van der Waals surface area contributed by atoms with Crippen molar-refractivity contribution in [2.75, 3.05) is 24.8 Å². The number of rotatable bonds is 3. The highest BCUT2D eigenvalue weighted by Crippen LogP contribution is 2.35. The highest BCUT2D eigenvalue weighted by Gasteiger charge is 2.23. The van der Waals surface area contributed by atoms with Gasteiger partial charge >= 0.3 is 0 Å². The van der Waals surface area contributed by atoms with Gasteiger partial charge in [0.1, 0.15) is 5.75 Å². The second-order valence-corrected chi connectivity index (χ2v) is 5.42. The highest BCUT2D eigenvalue weighted by molar-refractivity contribution is 5.74. The van der Waals surface area contributed by atoms with Crippen LogP contribution in [0.2, 0.25) is 0 Å². The van der Waals surface area contributed by atoms with Crippen LogP contribution in [0.15, 0.2) is 18.2 Å². The van der Waals surface area contributed by atoms with Gasteiger partial charge in [0, 0.05) is 13.1 Å². The van der Waals surface area contributed by atoms with E-state index in [0.717, 1.165) is 23.0 Å². The smallest absolute Gasteiger partial charge is 0.143 e. The third-order valence-electron chi connectivity index (χ3n) is 4.18. The summed E-state index contributed by atoms with van der Waals surface area (Å²) in [5.74, 6) is 1.64. The summed E-state index contributed by atoms with van der Waals surface area (Å²) in [5.41, 5.74) is 8.00. The average Bonchev–Trinajstić information content (AvgIpc) is 2.39. The molecule has 0 saturated heterocycles. The van der Waals surface area contributed by atoms with Crippen molar-refractivity contribution in [3.05, 3.63) is 18.2 Å². The minimum atomic E-state index is 0.607. The minimum absolute atomic E-state index is 0.607. The topological polar surface area (TPSA) is 38.5 Å². The van der Waals surface area contributed by atoms with E-state index in [-0.39, 0.29) is 0 Å². The van der Waals surface area contributed by atoms with Gasteiger partial charge in [-0.1, -0.05) is 13.0 Å². The maximum absolute atomic E-state index is 6.16. The third kappa shape index (κ3) is 2.55. The number of anilines is 2. The molecule has 1 aromatic rings. The van der Waals surface area contributed by atoms with Crippen LogP contribution in [0.1, 0.15) is 32.6 Å². The molecule has 0 bridgehead atoms. The maximum Gasteiger partial charge on any atom is 0.143 e. The zero-order chi connectivity index (χ0) is 13.1. The lowest BCUT2D eigenvalue weighted by molar-refractivity contribution is 0.340. The van der Waals surface area contributed by atoms with Crippen molar-refractivity contribution < 1.29 is 4.74 Å².